The van der Waals surface area contributed by atoms with E-state index < -0.39 is 0 Å². The summed E-state index contributed by atoms with van der Waals surface area (Å²) in [6.07, 6.45) is 4.40. The van der Waals surface area contributed by atoms with Crippen LogP contribution in [0.15, 0.2) is 0 Å². The van der Waals surface area contributed by atoms with Gasteiger partial charge in [0.15, 0.2) is 0 Å². The second kappa shape index (κ2) is 3.35. The zero-order valence-electron chi connectivity index (χ0n) is 7.47. The monoisotopic (exact) mass is 155 g/mol. The number of nitrogens with zero attached hydrogens (tertiary/aromatic N) is 1. The summed E-state index contributed by atoms with van der Waals surface area (Å²) in [4.78, 5) is 13.1. The molecule has 1 heterocycles. The zero-order chi connectivity index (χ0) is 8.32. The van der Waals surface area contributed by atoms with Gasteiger partial charge in [-0.25, -0.2) is 0 Å². The first-order valence-electron chi connectivity index (χ1n) is 4.37. The summed E-state index contributed by atoms with van der Waals surface area (Å²) in [5.41, 5.74) is 0.00347. The predicted molar refractivity (Wildman–Crippen MR) is 45.5 cm³/mol. The molecule has 0 aromatic carbocycles. The molecular weight excluding hydrogens is 138 g/mol. The quantitative estimate of drug-likeness (QED) is 0.573. The van der Waals surface area contributed by atoms with E-state index in [2.05, 4.69) is 18.9 Å². The van der Waals surface area contributed by atoms with E-state index in [9.17, 15) is 4.79 Å². The highest BCUT2D eigenvalue weighted by Gasteiger charge is 2.35. The maximum Gasteiger partial charge on any atom is 0.127 e. The molecule has 0 aliphatic carbocycles. The van der Waals surface area contributed by atoms with Gasteiger partial charge in [-0.15, -0.1) is 0 Å². The second-order valence-electron chi connectivity index (χ2n) is 3.72. The zero-order valence-corrected chi connectivity index (χ0v) is 7.47. The van der Waals surface area contributed by atoms with E-state index in [1.165, 1.54) is 6.29 Å². The average Bonchev–Trinajstić information content (AvgIpc) is 2.34. The minimum absolute atomic E-state index is 0.00347. The molecule has 0 bridgehead atoms. The summed E-state index contributed by atoms with van der Waals surface area (Å²) in [6, 6.07) is 0. The maximum atomic E-state index is 10.8. The third kappa shape index (κ3) is 1.80. The van der Waals surface area contributed by atoms with Crippen LogP contribution >= 0.6 is 0 Å². The number of rotatable bonds is 3. The van der Waals surface area contributed by atoms with Gasteiger partial charge in [-0.3, -0.25) is 0 Å². The number of hydrogen-bond acceptors (Lipinski definition) is 2. The van der Waals surface area contributed by atoms with E-state index >= 15 is 0 Å². The first-order chi connectivity index (χ1) is 5.22. The van der Waals surface area contributed by atoms with Gasteiger partial charge in [-0.1, -0.05) is 13.3 Å². The highest BCUT2D eigenvalue weighted by atomic mass is 16.1. The SMILES string of the molecule is CCCC1(C=O)CCN(C)C1. The van der Waals surface area contributed by atoms with Crippen LogP contribution < -0.4 is 0 Å². The van der Waals surface area contributed by atoms with Crippen LogP contribution in [-0.2, 0) is 4.79 Å². The van der Waals surface area contributed by atoms with Crippen molar-refractivity contribution in [3.8, 4) is 0 Å². The summed E-state index contributed by atoms with van der Waals surface area (Å²) in [5, 5.41) is 0. The lowest BCUT2D eigenvalue weighted by Crippen LogP contribution is -2.26. The summed E-state index contributed by atoms with van der Waals surface area (Å²) >= 11 is 0. The van der Waals surface area contributed by atoms with Crippen molar-refractivity contribution < 1.29 is 4.79 Å². The number of aldehydes is 1. The molecule has 64 valence electrons. The van der Waals surface area contributed by atoms with Crippen molar-refractivity contribution in [2.24, 2.45) is 5.41 Å². The van der Waals surface area contributed by atoms with E-state index in [0.717, 1.165) is 32.4 Å². The molecular formula is C9H17NO. The predicted octanol–water partition coefficient (Wildman–Crippen LogP) is 1.31. The van der Waals surface area contributed by atoms with E-state index in [1.807, 2.05) is 0 Å². The van der Waals surface area contributed by atoms with Crippen LogP contribution in [0.5, 0.6) is 0 Å². The highest BCUT2D eigenvalue weighted by molar-refractivity contribution is 5.60. The molecule has 0 aromatic heterocycles. The van der Waals surface area contributed by atoms with E-state index in [0.29, 0.717) is 0 Å². The normalized spacial score (nSPS) is 32.5. The van der Waals surface area contributed by atoms with Gasteiger partial charge in [0.2, 0.25) is 0 Å². The Bertz CT molecular complexity index is 142. The summed E-state index contributed by atoms with van der Waals surface area (Å²) < 4.78 is 0. The van der Waals surface area contributed by atoms with E-state index in [4.69, 9.17) is 0 Å². The van der Waals surface area contributed by atoms with Gasteiger partial charge < -0.3 is 9.69 Å². The Balaban J connectivity index is 2.54. The molecule has 1 aliphatic rings. The number of carbonyl (C=O) groups is 1. The molecule has 0 aromatic rings. The van der Waals surface area contributed by atoms with Gasteiger partial charge in [0.25, 0.3) is 0 Å². The average molecular weight is 155 g/mol. The van der Waals surface area contributed by atoms with Gasteiger partial charge in [0.1, 0.15) is 6.29 Å². The van der Waals surface area contributed by atoms with E-state index in [-0.39, 0.29) is 5.41 Å². The van der Waals surface area contributed by atoms with Crippen LogP contribution in [0.2, 0.25) is 0 Å². The summed E-state index contributed by atoms with van der Waals surface area (Å²) in [7, 11) is 2.08. The van der Waals surface area contributed by atoms with Gasteiger partial charge in [0.05, 0.1) is 0 Å². The first kappa shape index (κ1) is 8.72. The fourth-order valence-electron chi connectivity index (χ4n) is 1.97. The van der Waals surface area contributed by atoms with Crippen LogP contribution in [0, 0.1) is 5.41 Å². The van der Waals surface area contributed by atoms with Crippen molar-refractivity contribution >= 4 is 6.29 Å². The van der Waals surface area contributed by atoms with Crippen LogP contribution in [0.25, 0.3) is 0 Å². The van der Waals surface area contributed by atoms with Crippen molar-refractivity contribution in [1.29, 1.82) is 0 Å². The Morgan fingerprint density at radius 1 is 1.64 bits per heavy atom. The fraction of sp³-hybridized carbons (Fsp3) is 0.889. The van der Waals surface area contributed by atoms with Gasteiger partial charge in [0, 0.05) is 12.0 Å². The van der Waals surface area contributed by atoms with Crippen LogP contribution in [0.1, 0.15) is 26.2 Å². The summed E-state index contributed by atoms with van der Waals surface area (Å²) in [5.74, 6) is 0. The molecule has 1 unspecified atom stereocenters. The molecule has 0 amide bonds. The first-order valence-corrected chi connectivity index (χ1v) is 4.37. The number of likely N-dealkylation sites (tertiary alicyclic amines) is 1. The lowest BCUT2D eigenvalue weighted by molar-refractivity contribution is -0.116. The second-order valence-corrected chi connectivity index (χ2v) is 3.72. The van der Waals surface area contributed by atoms with Crippen molar-refractivity contribution in [2.75, 3.05) is 20.1 Å². The molecule has 2 nitrogen and oxygen atoms in total. The minimum Gasteiger partial charge on any atom is -0.305 e. The Hall–Kier alpha value is -0.370. The van der Waals surface area contributed by atoms with Gasteiger partial charge >= 0.3 is 0 Å². The molecule has 1 atom stereocenters. The van der Waals surface area contributed by atoms with Crippen LogP contribution in [-0.4, -0.2) is 31.3 Å². The standard InChI is InChI=1S/C9H17NO/c1-3-4-9(8-11)5-6-10(2)7-9/h8H,3-7H2,1-2H3. The van der Waals surface area contributed by atoms with Gasteiger partial charge in [-0.05, 0) is 26.4 Å². The minimum atomic E-state index is 0.00347. The Morgan fingerprint density at radius 2 is 2.36 bits per heavy atom. The molecule has 1 rings (SSSR count). The lowest BCUT2D eigenvalue weighted by atomic mass is 9.84. The van der Waals surface area contributed by atoms with Crippen molar-refractivity contribution in [3.63, 3.8) is 0 Å². The molecule has 0 N–H and O–H groups in total. The van der Waals surface area contributed by atoms with E-state index in [1.54, 1.807) is 0 Å². The highest BCUT2D eigenvalue weighted by Crippen LogP contribution is 2.31. The molecule has 1 fully saturated rings. The van der Waals surface area contributed by atoms with Crippen molar-refractivity contribution in [2.45, 2.75) is 26.2 Å². The third-order valence-corrected chi connectivity index (χ3v) is 2.57. The molecule has 1 aliphatic heterocycles. The Labute approximate surface area is 68.6 Å². The largest absolute Gasteiger partial charge is 0.305 e. The maximum absolute atomic E-state index is 10.8. The van der Waals surface area contributed by atoms with Crippen LogP contribution in [0.3, 0.4) is 0 Å². The molecule has 0 saturated carbocycles. The molecule has 11 heavy (non-hydrogen) atoms. The van der Waals surface area contributed by atoms with Crippen molar-refractivity contribution in [1.82, 2.24) is 4.90 Å². The van der Waals surface area contributed by atoms with Crippen molar-refractivity contribution in [3.05, 3.63) is 0 Å². The third-order valence-electron chi connectivity index (χ3n) is 2.57. The van der Waals surface area contributed by atoms with Crippen LogP contribution in [0.4, 0.5) is 0 Å². The molecule has 0 spiro atoms. The lowest BCUT2D eigenvalue weighted by Gasteiger charge is -2.20. The smallest absolute Gasteiger partial charge is 0.127 e. The molecule has 2 heteroatoms. The number of hydrogen-bond donors (Lipinski definition) is 0. The summed E-state index contributed by atoms with van der Waals surface area (Å²) in [6.45, 7) is 4.19. The van der Waals surface area contributed by atoms with Gasteiger partial charge in [-0.2, -0.15) is 0 Å². The Kier molecular flexibility index (Phi) is 2.66. The topological polar surface area (TPSA) is 20.3 Å². The molecule has 0 radical (unpaired) electrons. The number of carbonyl (C=O) groups excluding carboxylic acids is 1. The Morgan fingerprint density at radius 3 is 2.73 bits per heavy atom. The molecule has 1 saturated heterocycles. The fourth-order valence-corrected chi connectivity index (χ4v) is 1.97.